The van der Waals surface area contributed by atoms with E-state index in [1.807, 2.05) is 6.20 Å². The van der Waals surface area contributed by atoms with E-state index in [-0.39, 0.29) is 0 Å². The second-order valence-electron chi connectivity index (χ2n) is 2.80. The van der Waals surface area contributed by atoms with Crippen LogP contribution in [-0.2, 0) is 13.0 Å². The fraction of sp³-hybridized carbons (Fsp3) is 0.444. The van der Waals surface area contributed by atoms with Crippen LogP contribution in [0.4, 0.5) is 0 Å². The van der Waals surface area contributed by atoms with E-state index in [1.165, 1.54) is 5.69 Å². The van der Waals surface area contributed by atoms with Crippen molar-refractivity contribution < 1.29 is 0 Å². The molecule has 0 atom stereocenters. The third-order valence-corrected chi connectivity index (χ3v) is 2.12. The van der Waals surface area contributed by atoms with Crippen molar-refractivity contribution in [2.24, 2.45) is 0 Å². The van der Waals surface area contributed by atoms with Gasteiger partial charge < -0.3 is 4.57 Å². The number of fused-ring (bicyclic) bond motifs is 1. The van der Waals surface area contributed by atoms with Crippen LogP contribution in [0.25, 0.3) is 6.08 Å². The first-order valence-electron chi connectivity index (χ1n) is 4.12. The van der Waals surface area contributed by atoms with Gasteiger partial charge in [-0.25, -0.2) is 4.98 Å². The number of aryl methyl sites for hydroxylation is 1. The molecule has 0 N–H and O–H groups in total. The van der Waals surface area contributed by atoms with E-state index in [1.54, 1.807) is 0 Å². The summed E-state index contributed by atoms with van der Waals surface area (Å²) in [6.07, 6.45) is 8.49. The van der Waals surface area contributed by atoms with Gasteiger partial charge in [-0.1, -0.05) is 13.0 Å². The van der Waals surface area contributed by atoms with Crippen LogP contribution in [0, 0.1) is 0 Å². The first-order valence-corrected chi connectivity index (χ1v) is 4.12. The number of imidazole rings is 1. The third-order valence-electron chi connectivity index (χ3n) is 2.12. The maximum atomic E-state index is 4.30. The van der Waals surface area contributed by atoms with Gasteiger partial charge in [0.05, 0.1) is 0 Å². The first-order chi connectivity index (χ1) is 5.42. The van der Waals surface area contributed by atoms with E-state index in [2.05, 4.69) is 28.6 Å². The van der Waals surface area contributed by atoms with E-state index in [4.69, 9.17) is 0 Å². The Balaban J connectivity index is 2.47. The SMILES string of the molecule is CCc1cnc2n1CCC=C2. The average Bonchev–Trinajstić information content (AvgIpc) is 2.47. The molecule has 0 saturated carbocycles. The zero-order chi connectivity index (χ0) is 7.68. The highest BCUT2D eigenvalue weighted by Crippen LogP contribution is 2.13. The summed E-state index contributed by atoms with van der Waals surface area (Å²) in [4.78, 5) is 4.30. The van der Waals surface area contributed by atoms with Crippen molar-refractivity contribution in [1.29, 1.82) is 0 Å². The fourth-order valence-corrected chi connectivity index (χ4v) is 1.49. The topological polar surface area (TPSA) is 17.8 Å². The van der Waals surface area contributed by atoms with Gasteiger partial charge in [0.25, 0.3) is 0 Å². The normalized spacial score (nSPS) is 15.0. The third kappa shape index (κ3) is 0.985. The van der Waals surface area contributed by atoms with Crippen LogP contribution in [0.3, 0.4) is 0 Å². The van der Waals surface area contributed by atoms with E-state index in [0.29, 0.717) is 0 Å². The van der Waals surface area contributed by atoms with Crippen molar-refractivity contribution in [2.45, 2.75) is 26.3 Å². The Bertz CT molecular complexity index is 284. The molecule has 0 unspecified atom stereocenters. The van der Waals surface area contributed by atoms with Gasteiger partial charge in [0.1, 0.15) is 5.82 Å². The van der Waals surface area contributed by atoms with E-state index < -0.39 is 0 Å². The molecule has 11 heavy (non-hydrogen) atoms. The standard InChI is InChI=1S/C9H12N2/c1-2-8-7-10-9-5-3-4-6-11(8)9/h3,5,7H,2,4,6H2,1H3. The second kappa shape index (κ2) is 2.53. The molecule has 1 aromatic heterocycles. The monoisotopic (exact) mass is 148 g/mol. The molecule has 0 bridgehead atoms. The molecule has 0 amide bonds. The van der Waals surface area contributed by atoms with Crippen molar-refractivity contribution in [1.82, 2.24) is 9.55 Å². The molecule has 1 aromatic rings. The van der Waals surface area contributed by atoms with Crippen molar-refractivity contribution >= 4 is 6.08 Å². The van der Waals surface area contributed by atoms with Crippen molar-refractivity contribution in [3.05, 3.63) is 23.8 Å². The number of allylic oxidation sites excluding steroid dienone is 1. The number of hydrogen-bond acceptors (Lipinski definition) is 1. The molecule has 0 aromatic carbocycles. The smallest absolute Gasteiger partial charge is 0.132 e. The highest BCUT2D eigenvalue weighted by atomic mass is 15.1. The predicted molar refractivity (Wildman–Crippen MR) is 45.3 cm³/mol. The maximum absolute atomic E-state index is 4.30. The van der Waals surface area contributed by atoms with Gasteiger partial charge in [-0.3, -0.25) is 0 Å². The molecule has 2 heteroatoms. The lowest BCUT2D eigenvalue weighted by atomic mass is 10.2. The largest absolute Gasteiger partial charge is 0.328 e. The predicted octanol–water partition coefficient (Wildman–Crippen LogP) is 1.86. The molecule has 0 radical (unpaired) electrons. The Morgan fingerprint density at radius 2 is 2.55 bits per heavy atom. The maximum Gasteiger partial charge on any atom is 0.132 e. The zero-order valence-corrected chi connectivity index (χ0v) is 6.75. The molecule has 2 nitrogen and oxygen atoms in total. The highest BCUT2D eigenvalue weighted by Gasteiger charge is 2.07. The molecule has 0 spiro atoms. The first kappa shape index (κ1) is 6.65. The van der Waals surface area contributed by atoms with Gasteiger partial charge in [-0.05, 0) is 18.9 Å². The molecule has 58 valence electrons. The van der Waals surface area contributed by atoms with Crippen LogP contribution >= 0.6 is 0 Å². The van der Waals surface area contributed by atoms with Gasteiger partial charge >= 0.3 is 0 Å². The lowest BCUT2D eigenvalue weighted by Crippen LogP contribution is -2.06. The fourth-order valence-electron chi connectivity index (χ4n) is 1.49. The molecular formula is C9H12N2. The van der Waals surface area contributed by atoms with Crippen LogP contribution < -0.4 is 0 Å². The number of nitrogens with zero attached hydrogens (tertiary/aromatic N) is 2. The Morgan fingerprint density at radius 1 is 1.64 bits per heavy atom. The molecule has 0 saturated heterocycles. The number of aromatic nitrogens is 2. The van der Waals surface area contributed by atoms with Crippen LogP contribution in [-0.4, -0.2) is 9.55 Å². The summed E-state index contributed by atoms with van der Waals surface area (Å²) in [6, 6.07) is 0. The molecule has 0 fully saturated rings. The molecular weight excluding hydrogens is 136 g/mol. The lowest BCUT2D eigenvalue weighted by molar-refractivity contribution is 0.658. The van der Waals surface area contributed by atoms with Crippen LogP contribution in [0.5, 0.6) is 0 Å². The molecule has 1 aliphatic heterocycles. The van der Waals surface area contributed by atoms with E-state index in [9.17, 15) is 0 Å². The summed E-state index contributed by atoms with van der Waals surface area (Å²) >= 11 is 0. The van der Waals surface area contributed by atoms with Crippen molar-refractivity contribution in [2.75, 3.05) is 0 Å². The minimum atomic E-state index is 1.08. The summed E-state index contributed by atoms with van der Waals surface area (Å²) in [5.74, 6) is 1.12. The molecule has 2 heterocycles. The lowest BCUT2D eigenvalue weighted by Gasteiger charge is -2.10. The molecule has 0 aliphatic carbocycles. The number of hydrogen-bond donors (Lipinski definition) is 0. The highest BCUT2D eigenvalue weighted by molar-refractivity contribution is 5.43. The summed E-state index contributed by atoms with van der Waals surface area (Å²) in [5, 5.41) is 0. The average molecular weight is 148 g/mol. The van der Waals surface area contributed by atoms with Crippen LogP contribution in [0.1, 0.15) is 24.9 Å². The van der Waals surface area contributed by atoms with E-state index in [0.717, 1.165) is 25.2 Å². The van der Waals surface area contributed by atoms with Gasteiger partial charge in [-0.15, -0.1) is 0 Å². The Hall–Kier alpha value is -1.05. The Kier molecular flexibility index (Phi) is 1.53. The Labute approximate surface area is 66.6 Å². The van der Waals surface area contributed by atoms with Crippen LogP contribution in [0.15, 0.2) is 12.3 Å². The zero-order valence-electron chi connectivity index (χ0n) is 6.75. The van der Waals surface area contributed by atoms with Crippen molar-refractivity contribution in [3.63, 3.8) is 0 Å². The summed E-state index contributed by atoms with van der Waals surface area (Å²) in [5.41, 5.74) is 1.35. The molecule has 2 rings (SSSR count). The van der Waals surface area contributed by atoms with Crippen molar-refractivity contribution in [3.8, 4) is 0 Å². The van der Waals surface area contributed by atoms with Gasteiger partial charge in [0, 0.05) is 18.4 Å². The minimum Gasteiger partial charge on any atom is -0.328 e. The summed E-state index contributed by atoms with van der Waals surface area (Å²) in [6.45, 7) is 3.28. The Morgan fingerprint density at radius 3 is 3.36 bits per heavy atom. The second-order valence-corrected chi connectivity index (χ2v) is 2.80. The number of rotatable bonds is 1. The summed E-state index contributed by atoms with van der Waals surface area (Å²) < 4.78 is 2.29. The van der Waals surface area contributed by atoms with Gasteiger partial charge in [0.15, 0.2) is 0 Å². The van der Waals surface area contributed by atoms with Gasteiger partial charge in [0.2, 0.25) is 0 Å². The van der Waals surface area contributed by atoms with Crippen LogP contribution in [0.2, 0.25) is 0 Å². The quantitative estimate of drug-likeness (QED) is 0.594. The summed E-state index contributed by atoms with van der Waals surface area (Å²) in [7, 11) is 0. The van der Waals surface area contributed by atoms with E-state index >= 15 is 0 Å². The minimum absolute atomic E-state index is 1.08. The molecule has 1 aliphatic rings. The van der Waals surface area contributed by atoms with Gasteiger partial charge in [-0.2, -0.15) is 0 Å².